The van der Waals surface area contributed by atoms with E-state index in [1.54, 1.807) is 4.68 Å². The number of nitrogens with one attached hydrogen (secondary N) is 1. The number of nitrogens with zero attached hydrogens (tertiary/aromatic N) is 2. The van der Waals surface area contributed by atoms with Crippen molar-refractivity contribution >= 4 is 11.5 Å². The number of anilines is 2. The van der Waals surface area contributed by atoms with Gasteiger partial charge in [0.2, 0.25) is 0 Å². The number of aliphatic hydroxyl groups excluding tert-OH is 1. The summed E-state index contributed by atoms with van der Waals surface area (Å²) in [4.78, 5) is 0. The molecule has 0 aromatic carbocycles. The SMILES string of the molecule is CCC(CCO)CNc1c(N)c(C(C)C)nn1C. The van der Waals surface area contributed by atoms with Crippen molar-refractivity contribution in [2.45, 2.75) is 39.5 Å². The zero-order valence-electron chi connectivity index (χ0n) is 11.9. The van der Waals surface area contributed by atoms with Gasteiger partial charge in [0.1, 0.15) is 5.82 Å². The van der Waals surface area contributed by atoms with Crippen LogP contribution in [-0.4, -0.2) is 28.0 Å². The van der Waals surface area contributed by atoms with Crippen molar-refractivity contribution in [1.82, 2.24) is 9.78 Å². The van der Waals surface area contributed by atoms with E-state index in [9.17, 15) is 0 Å². The molecule has 1 aromatic rings. The van der Waals surface area contributed by atoms with Crippen LogP contribution in [0.15, 0.2) is 0 Å². The van der Waals surface area contributed by atoms with E-state index in [0.717, 1.165) is 36.6 Å². The van der Waals surface area contributed by atoms with Gasteiger partial charge < -0.3 is 16.2 Å². The summed E-state index contributed by atoms with van der Waals surface area (Å²) in [6, 6.07) is 0. The minimum Gasteiger partial charge on any atom is -0.396 e. The van der Waals surface area contributed by atoms with Gasteiger partial charge in [-0.15, -0.1) is 0 Å². The first-order valence-electron chi connectivity index (χ1n) is 6.68. The Balaban J connectivity index is 2.72. The predicted octanol–water partition coefficient (Wildman–Crippen LogP) is 1.95. The molecular formula is C13H26N4O. The van der Waals surface area contributed by atoms with Crippen LogP contribution in [0.25, 0.3) is 0 Å². The number of nitrogen functional groups attached to an aromatic ring is 1. The van der Waals surface area contributed by atoms with Crippen LogP contribution in [0.3, 0.4) is 0 Å². The first-order chi connectivity index (χ1) is 8.51. The summed E-state index contributed by atoms with van der Waals surface area (Å²) in [5.41, 5.74) is 7.79. The van der Waals surface area contributed by atoms with Crippen molar-refractivity contribution < 1.29 is 5.11 Å². The Kier molecular flexibility index (Phi) is 5.47. The number of aliphatic hydroxyl groups is 1. The maximum atomic E-state index is 8.98. The van der Waals surface area contributed by atoms with E-state index in [0.29, 0.717) is 11.8 Å². The van der Waals surface area contributed by atoms with Gasteiger partial charge in [0.25, 0.3) is 0 Å². The average Bonchev–Trinajstić information content (AvgIpc) is 2.61. The molecule has 0 saturated carbocycles. The normalized spacial score (nSPS) is 13.0. The van der Waals surface area contributed by atoms with Crippen molar-refractivity contribution in [3.63, 3.8) is 0 Å². The van der Waals surface area contributed by atoms with Crippen LogP contribution >= 0.6 is 0 Å². The van der Waals surface area contributed by atoms with Crippen molar-refractivity contribution in [3.05, 3.63) is 5.69 Å². The number of nitrogens with two attached hydrogens (primary N) is 1. The van der Waals surface area contributed by atoms with Gasteiger partial charge in [-0.2, -0.15) is 5.10 Å². The third kappa shape index (κ3) is 3.38. The lowest BCUT2D eigenvalue weighted by molar-refractivity contribution is 0.258. The van der Waals surface area contributed by atoms with Gasteiger partial charge >= 0.3 is 0 Å². The van der Waals surface area contributed by atoms with Crippen LogP contribution in [0.4, 0.5) is 11.5 Å². The largest absolute Gasteiger partial charge is 0.396 e. The van der Waals surface area contributed by atoms with Gasteiger partial charge in [0.05, 0.1) is 11.4 Å². The third-order valence-corrected chi connectivity index (χ3v) is 3.33. The molecule has 0 saturated heterocycles. The topological polar surface area (TPSA) is 76.1 Å². The Morgan fingerprint density at radius 3 is 2.56 bits per heavy atom. The maximum absolute atomic E-state index is 8.98. The molecule has 0 aliphatic rings. The molecule has 1 unspecified atom stereocenters. The number of hydrogen-bond acceptors (Lipinski definition) is 4. The fourth-order valence-corrected chi connectivity index (χ4v) is 2.07. The highest BCUT2D eigenvalue weighted by molar-refractivity contribution is 5.65. The van der Waals surface area contributed by atoms with Crippen LogP contribution in [-0.2, 0) is 7.05 Å². The Bertz CT molecular complexity index is 373. The van der Waals surface area contributed by atoms with Crippen molar-refractivity contribution in [3.8, 4) is 0 Å². The number of aryl methyl sites for hydroxylation is 1. The molecule has 5 nitrogen and oxygen atoms in total. The minimum atomic E-state index is 0.234. The molecule has 5 heteroatoms. The van der Waals surface area contributed by atoms with E-state index in [1.807, 2.05) is 7.05 Å². The molecule has 4 N–H and O–H groups in total. The molecule has 1 atom stereocenters. The van der Waals surface area contributed by atoms with E-state index in [4.69, 9.17) is 10.8 Å². The van der Waals surface area contributed by atoms with Gasteiger partial charge in [-0.1, -0.05) is 27.2 Å². The summed E-state index contributed by atoms with van der Waals surface area (Å²) >= 11 is 0. The summed E-state index contributed by atoms with van der Waals surface area (Å²) in [6.45, 7) is 7.36. The zero-order valence-corrected chi connectivity index (χ0v) is 11.9. The van der Waals surface area contributed by atoms with Gasteiger partial charge in [-0.3, -0.25) is 4.68 Å². The smallest absolute Gasteiger partial charge is 0.147 e. The fourth-order valence-electron chi connectivity index (χ4n) is 2.07. The van der Waals surface area contributed by atoms with Crippen LogP contribution in [0.5, 0.6) is 0 Å². The van der Waals surface area contributed by atoms with Crippen molar-refractivity contribution in [1.29, 1.82) is 0 Å². The van der Waals surface area contributed by atoms with E-state index in [2.05, 4.69) is 31.2 Å². The molecule has 0 radical (unpaired) electrons. The molecular weight excluding hydrogens is 228 g/mol. The Hall–Kier alpha value is -1.23. The molecule has 1 heterocycles. The molecule has 0 fully saturated rings. The summed E-state index contributed by atoms with van der Waals surface area (Å²) in [7, 11) is 1.90. The lowest BCUT2D eigenvalue weighted by atomic mass is 10.0. The third-order valence-electron chi connectivity index (χ3n) is 3.33. The molecule has 104 valence electrons. The summed E-state index contributed by atoms with van der Waals surface area (Å²) in [5.74, 6) is 1.67. The van der Waals surface area contributed by atoms with E-state index < -0.39 is 0 Å². The molecule has 0 bridgehead atoms. The highest BCUT2D eigenvalue weighted by Gasteiger charge is 2.16. The lowest BCUT2D eigenvalue weighted by Crippen LogP contribution is -2.17. The summed E-state index contributed by atoms with van der Waals surface area (Å²) in [5, 5.41) is 16.8. The summed E-state index contributed by atoms with van der Waals surface area (Å²) in [6.07, 6.45) is 1.86. The van der Waals surface area contributed by atoms with Gasteiger partial charge in [0, 0.05) is 20.2 Å². The Morgan fingerprint density at radius 1 is 1.44 bits per heavy atom. The van der Waals surface area contributed by atoms with Crippen LogP contribution in [0.2, 0.25) is 0 Å². The average molecular weight is 254 g/mol. The fraction of sp³-hybridized carbons (Fsp3) is 0.769. The molecule has 0 amide bonds. The predicted molar refractivity (Wildman–Crippen MR) is 75.7 cm³/mol. The molecule has 0 aliphatic carbocycles. The second kappa shape index (κ2) is 6.64. The quantitative estimate of drug-likeness (QED) is 0.695. The number of aromatic nitrogens is 2. The molecule has 1 rings (SSSR count). The van der Waals surface area contributed by atoms with Crippen molar-refractivity contribution in [2.24, 2.45) is 13.0 Å². The van der Waals surface area contributed by atoms with Crippen LogP contribution < -0.4 is 11.1 Å². The standard InChI is InChI=1S/C13H26N4O/c1-5-10(6-7-18)8-15-13-11(14)12(9(2)3)16-17(13)4/h9-10,15,18H,5-8,14H2,1-4H3. The summed E-state index contributed by atoms with van der Waals surface area (Å²) < 4.78 is 1.80. The molecule has 0 spiro atoms. The lowest BCUT2D eigenvalue weighted by Gasteiger charge is -2.15. The van der Waals surface area contributed by atoms with E-state index in [1.165, 1.54) is 0 Å². The second-order valence-corrected chi connectivity index (χ2v) is 5.09. The first kappa shape index (κ1) is 14.8. The highest BCUT2D eigenvalue weighted by Crippen LogP contribution is 2.28. The first-order valence-corrected chi connectivity index (χ1v) is 6.68. The Labute approximate surface area is 109 Å². The second-order valence-electron chi connectivity index (χ2n) is 5.09. The van der Waals surface area contributed by atoms with Crippen molar-refractivity contribution in [2.75, 3.05) is 24.2 Å². The molecule has 0 aliphatic heterocycles. The van der Waals surface area contributed by atoms with E-state index in [-0.39, 0.29) is 6.61 Å². The maximum Gasteiger partial charge on any atom is 0.147 e. The minimum absolute atomic E-state index is 0.234. The van der Waals surface area contributed by atoms with Crippen LogP contribution in [0, 0.1) is 5.92 Å². The van der Waals surface area contributed by atoms with Crippen LogP contribution in [0.1, 0.15) is 45.2 Å². The van der Waals surface area contributed by atoms with Gasteiger partial charge in [0.15, 0.2) is 0 Å². The Morgan fingerprint density at radius 2 is 2.11 bits per heavy atom. The number of hydrogen-bond donors (Lipinski definition) is 3. The molecule has 18 heavy (non-hydrogen) atoms. The zero-order chi connectivity index (χ0) is 13.7. The monoisotopic (exact) mass is 254 g/mol. The van der Waals surface area contributed by atoms with Gasteiger partial charge in [-0.05, 0) is 18.3 Å². The highest BCUT2D eigenvalue weighted by atomic mass is 16.3. The van der Waals surface area contributed by atoms with Gasteiger partial charge in [-0.25, -0.2) is 0 Å². The van der Waals surface area contributed by atoms with E-state index >= 15 is 0 Å². The molecule has 1 aromatic heterocycles. The number of rotatable bonds is 7.